The standard InChI is InChI=1S/C21H30O/c1-4-20(2,3)17-5-6-19(22)18(10-17)21-11-14-7-15(12-21)9-16(8-14)13-21/h5-6,10,14-16,22H,4,7-9,11-13H2,1-3H3. The van der Waals surface area contributed by atoms with Crippen molar-refractivity contribution in [2.24, 2.45) is 17.8 Å². The molecule has 0 radical (unpaired) electrons. The molecule has 0 heterocycles. The number of phenols is 1. The van der Waals surface area contributed by atoms with E-state index in [1.54, 1.807) is 0 Å². The van der Waals surface area contributed by atoms with Crippen LogP contribution in [0.1, 0.15) is 76.8 Å². The molecular weight excluding hydrogens is 268 g/mol. The van der Waals surface area contributed by atoms with Crippen molar-refractivity contribution in [3.63, 3.8) is 0 Å². The van der Waals surface area contributed by atoms with Crippen LogP contribution in [0.2, 0.25) is 0 Å². The second kappa shape index (κ2) is 4.76. The zero-order chi connectivity index (χ0) is 15.5. The van der Waals surface area contributed by atoms with Crippen LogP contribution in [0.15, 0.2) is 18.2 Å². The summed E-state index contributed by atoms with van der Waals surface area (Å²) < 4.78 is 0. The number of rotatable bonds is 3. The van der Waals surface area contributed by atoms with Crippen molar-refractivity contribution < 1.29 is 5.11 Å². The smallest absolute Gasteiger partial charge is 0.119 e. The molecule has 1 heteroatoms. The predicted octanol–water partition coefficient (Wildman–Crippen LogP) is 5.55. The van der Waals surface area contributed by atoms with E-state index in [2.05, 4.69) is 32.9 Å². The maximum atomic E-state index is 10.6. The molecule has 0 saturated heterocycles. The Bertz CT molecular complexity index is 548. The van der Waals surface area contributed by atoms with Gasteiger partial charge in [0.1, 0.15) is 5.75 Å². The van der Waals surface area contributed by atoms with Crippen molar-refractivity contribution in [1.82, 2.24) is 0 Å². The third-order valence-electron chi connectivity index (χ3n) is 7.27. The highest BCUT2D eigenvalue weighted by atomic mass is 16.3. The van der Waals surface area contributed by atoms with E-state index in [0.717, 1.165) is 24.2 Å². The second-order valence-electron chi connectivity index (χ2n) is 9.17. The third kappa shape index (κ3) is 2.12. The Morgan fingerprint density at radius 2 is 1.59 bits per heavy atom. The lowest BCUT2D eigenvalue weighted by Gasteiger charge is -2.57. The first-order valence-electron chi connectivity index (χ1n) is 9.26. The molecule has 0 aliphatic heterocycles. The van der Waals surface area contributed by atoms with Crippen molar-refractivity contribution >= 4 is 0 Å². The molecule has 0 aromatic heterocycles. The first kappa shape index (κ1) is 14.6. The molecule has 4 fully saturated rings. The molecule has 4 saturated carbocycles. The van der Waals surface area contributed by atoms with Crippen LogP contribution in [0, 0.1) is 17.8 Å². The normalized spacial score (nSPS) is 36.8. The van der Waals surface area contributed by atoms with Gasteiger partial charge in [-0.2, -0.15) is 0 Å². The van der Waals surface area contributed by atoms with Gasteiger partial charge in [0.25, 0.3) is 0 Å². The van der Waals surface area contributed by atoms with E-state index in [1.165, 1.54) is 49.7 Å². The van der Waals surface area contributed by atoms with E-state index >= 15 is 0 Å². The Kier molecular flexibility index (Phi) is 3.16. The summed E-state index contributed by atoms with van der Waals surface area (Å²) in [4.78, 5) is 0. The molecular formula is C21H30O. The highest BCUT2D eigenvalue weighted by Crippen LogP contribution is 2.62. The van der Waals surface area contributed by atoms with E-state index in [4.69, 9.17) is 0 Å². The van der Waals surface area contributed by atoms with Crippen LogP contribution >= 0.6 is 0 Å². The molecule has 1 nitrogen and oxygen atoms in total. The SMILES string of the molecule is CCC(C)(C)c1ccc(O)c(C23CC4CC(CC(C4)C2)C3)c1. The summed E-state index contributed by atoms with van der Waals surface area (Å²) in [5.74, 6) is 3.33. The van der Waals surface area contributed by atoms with Crippen molar-refractivity contribution in [1.29, 1.82) is 0 Å². The summed E-state index contributed by atoms with van der Waals surface area (Å²) in [6.07, 6.45) is 9.48. The minimum atomic E-state index is 0.199. The van der Waals surface area contributed by atoms with Crippen LogP contribution in [0.25, 0.3) is 0 Å². The van der Waals surface area contributed by atoms with Crippen LogP contribution in [0.5, 0.6) is 5.75 Å². The molecule has 1 N–H and O–H groups in total. The van der Waals surface area contributed by atoms with Gasteiger partial charge in [-0.25, -0.2) is 0 Å². The molecule has 0 spiro atoms. The summed E-state index contributed by atoms with van der Waals surface area (Å²) in [6.45, 7) is 6.91. The van der Waals surface area contributed by atoms with E-state index < -0.39 is 0 Å². The summed E-state index contributed by atoms with van der Waals surface area (Å²) in [5, 5.41) is 10.6. The number of phenolic OH excluding ortho intramolecular Hbond substituents is 1. The largest absolute Gasteiger partial charge is 0.508 e. The van der Waals surface area contributed by atoms with Gasteiger partial charge in [0, 0.05) is 5.56 Å². The fourth-order valence-electron chi connectivity index (χ4n) is 6.03. The fourth-order valence-corrected chi connectivity index (χ4v) is 6.03. The number of aromatic hydroxyl groups is 1. The van der Waals surface area contributed by atoms with E-state index in [9.17, 15) is 5.11 Å². The van der Waals surface area contributed by atoms with Crippen LogP contribution < -0.4 is 0 Å². The maximum absolute atomic E-state index is 10.6. The molecule has 0 amide bonds. The number of hydrogen-bond acceptors (Lipinski definition) is 1. The molecule has 0 unspecified atom stereocenters. The summed E-state index contributed by atoms with van der Waals surface area (Å²) >= 11 is 0. The fraction of sp³-hybridized carbons (Fsp3) is 0.714. The van der Waals surface area contributed by atoms with Gasteiger partial charge >= 0.3 is 0 Å². The van der Waals surface area contributed by atoms with Crippen LogP contribution in [-0.4, -0.2) is 5.11 Å². The number of benzene rings is 1. The van der Waals surface area contributed by atoms with Crippen molar-refractivity contribution in [3.8, 4) is 5.75 Å². The monoisotopic (exact) mass is 298 g/mol. The Morgan fingerprint density at radius 1 is 1.05 bits per heavy atom. The average Bonchev–Trinajstić information content (AvgIpc) is 2.46. The Balaban J connectivity index is 1.77. The van der Waals surface area contributed by atoms with Gasteiger partial charge in [-0.1, -0.05) is 32.9 Å². The highest BCUT2D eigenvalue weighted by molar-refractivity contribution is 5.45. The van der Waals surface area contributed by atoms with E-state index in [0.29, 0.717) is 11.2 Å². The molecule has 4 bridgehead atoms. The van der Waals surface area contributed by atoms with Crippen molar-refractivity contribution in [3.05, 3.63) is 29.3 Å². The van der Waals surface area contributed by atoms with E-state index in [-0.39, 0.29) is 5.41 Å². The van der Waals surface area contributed by atoms with Gasteiger partial charge in [-0.3, -0.25) is 0 Å². The minimum absolute atomic E-state index is 0.199. The first-order valence-corrected chi connectivity index (χ1v) is 9.26. The van der Waals surface area contributed by atoms with Gasteiger partial charge in [-0.15, -0.1) is 0 Å². The first-order chi connectivity index (χ1) is 10.4. The molecule has 5 rings (SSSR count). The minimum Gasteiger partial charge on any atom is -0.508 e. The summed E-state index contributed by atoms with van der Waals surface area (Å²) in [5.41, 5.74) is 3.17. The molecule has 0 atom stereocenters. The summed E-state index contributed by atoms with van der Waals surface area (Å²) in [6, 6.07) is 6.48. The molecule has 22 heavy (non-hydrogen) atoms. The topological polar surface area (TPSA) is 20.2 Å². The average molecular weight is 298 g/mol. The van der Waals surface area contributed by atoms with Crippen LogP contribution in [-0.2, 0) is 10.8 Å². The lowest BCUT2D eigenvalue weighted by molar-refractivity contribution is -0.00619. The van der Waals surface area contributed by atoms with Gasteiger partial charge in [0.2, 0.25) is 0 Å². The Labute approximate surface area is 135 Å². The molecule has 4 aliphatic rings. The van der Waals surface area contributed by atoms with Crippen LogP contribution in [0.3, 0.4) is 0 Å². The highest BCUT2D eigenvalue weighted by Gasteiger charge is 2.52. The Hall–Kier alpha value is -0.980. The molecule has 120 valence electrons. The van der Waals surface area contributed by atoms with Gasteiger partial charge in [0.15, 0.2) is 0 Å². The lowest BCUT2D eigenvalue weighted by Crippen LogP contribution is -2.48. The molecule has 1 aromatic carbocycles. The summed E-state index contributed by atoms with van der Waals surface area (Å²) in [7, 11) is 0. The predicted molar refractivity (Wildman–Crippen MR) is 91.3 cm³/mol. The van der Waals surface area contributed by atoms with Gasteiger partial charge in [0.05, 0.1) is 0 Å². The zero-order valence-electron chi connectivity index (χ0n) is 14.4. The third-order valence-corrected chi connectivity index (χ3v) is 7.27. The molecule has 1 aromatic rings. The van der Waals surface area contributed by atoms with Gasteiger partial charge in [-0.05, 0) is 85.2 Å². The zero-order valence-corrected chi connectivity index (χ0v) is 14.4. The van der Waals surface area contributed by atoms with Gasteiger partial charge < -0.3 is 5.11 Å². The maximum Gasteiger partial charge on any atom is 0.119 e. The van der Waals surface area contributed by atoms with Crippen molar-refractivity contribution in [2.75, 3.05) is 0 Å². The van der Waals surface area contributed by atoms with E-state index in [1.807, 2.05) is 6.07 Å². The van der Waals surface area contributed by atoms with Crippen molar-refractivity contribution in [2.45, 2.75) is 76.5 Å². The lowest BCUT2D eigenvalue weighted by atomic mass is 9.48. The molecule has 4 aliphatic carbocycles. The quantitative estimate of drug-likeness (QED) is 0.776. The number of hydrogen-bond donors (Lipinski definition) is 1. The second-order valence-corrected chi connectivity index (χ2v) is 9.17. The Morgan fingerprint density at radius 3 is 2.09 bits per heavy atom. The van der Waals surface area contributed by atoms with Crippen LogP contribution in [0.4, 0.5) is 0 Å².